The van der Waals surface area contributed by atoms with E-state index in [-0.39, 0.29) is 31.7 Å². The highest BCUT2D eigenvalue weighted by molar-refractivity contribution is 7.92. The quantitative estimate of drug-likeness (QED) is 0.546. The Hall–Kier alpha value is -2.70. The van der Waals surface area contributed by atoms with Crippen LogP contribution < -0.4 is 5.32 Å². The Balaban J connectivity index is 1.69. The fraction of sp³-hybridized carbons (Fsp3) is 0.381. The van der Waals surface area contributed by atoms with Gasteiger partial charge in [-0.2, -0.15) is 26.3 Å². The number of carbonyl (C=O) groups excluding carboxylic acids is 1. The lowest BCUT2D eigenvalue weighted by molar-refractivity contribution is -0.140. The van der Waals surface area contributed by atoms with Crippen LogP contribution in [-0.4, -0.2) is 25.6 Å². The van der Waals surface area contributed by atoms with E-state index in [9.17, 15) is 48.3 Å². The molecule has 0 aromatic heterocycles. The van der Waals surface area contributed by atoms with Gasteiger partial charge in [-0.05, 0) is 62.1 Å². The molecule has 0 saturated heterocycles. The average Bonchev–Trinajstić information content (AvgIpc) is 2.72. The molecular formula is C21H17F8NO3S. The van der Waals surface area contributed by atoms with Crippen LogP contribution in [0.25, 0.3) is 0 Å². The molecule has 2 aromatic carbocycles. The van der Waals surface area contributed by atoms with Gasteiger partial charge in [0.1, 0.15) is 11.6 Å². The van der Waals surface area contributed by atoms with Crippen molar-refractivity contribution in [3.05, 3.63) is 64.7 Å². The zero-order valence-electron chi connectivity index (χ0n) is 17.1. The summed E-state index contributed by atoms with van der Waals surface area (Å²) in [5.74, 6) is -3.82. The molecule has 3 rings (SSSR count). The maximum absolute atomic E-state index is 13.6. The summed E-state index contributed by atoms with van der Waals surface area (Å²) < 4.78 is 130. The van der Waals surface area contributed by atoms with Crippen molar-refractivity contribution in [1.82, 2.24) is 5.32 Å². The molecule has 1 N–H and O–H groups in total. The minimum absolute atomic E-state index is 0.0599. The Labute approximate surface area is 188 Å². The van der Waals surface area contributed by atoms with Crippen molar-refractivity contribution in [3.63, 3.8) is 0 Å². The number of sulfone groups is 1. The first-order valence-corrected chi connectivity index (χ1v) is 11.4. The molecule has 1 fully saturated rings. The van der Waals surface area contributed by atoms with E-state index in [0.29, 0.717) is 24.3 Å². The predicted octanol–water partition coefficient (Wildman–Crippen LogP) is 5.52. The van der Waals surface area contributed by atoms with Gasteiger partial charge in [0.2, 0.25) is 0 Å². The van der Waals surface area contributed by atoms with Crippen LogP contribution in [0.15, 0.2) is 41.3 Å². The Kier molecular flexibility index (Phi) is 6.98. The fourth-order valence-corrected chi connectivity index (χ4v) is 5.60. The summed E-state index contributed by atoms with van der Waals surface area (Å²) in [5.41, 5.74) is -3.49. The average molecular weight is 515 g/mol. The molecule has 13 heteroatoms. The van der Waals surface area contributed by atoms with Crippen LogP contribution in [0.2, 0.25) is 0 Å². The van der Waals surface area contributed by atoms with Crippen LogP contribution in [0.3, 0.4) is 0 Å². The summed E-state index contributed by atoms with van der Waals surface area (Å²) in [5, 5.41) is 1.32. The monoisotopic (exact) mass is 515 g/mol. The molecule has 1 aliphatic rings. The molecule has 0 atom stereocenters. The number of benzene rings is 2. The summed E-state index contributed by atoms with van der Waals surface area (Å²) in [6, 6.07) is 2.17. The van der Waals surface area contributed by atoms with Gasteiger partial charge < -0.3 is 5.32 Å². The van der Waals surface area contributed by atoms with Gasteiger partial charge in [-0.15, -0.1) is 0 Å². The Morgan fingerprint density at radius 2 is 1.47 bits per heavy atom. The molecule has 1 aliphatic carbocycles. The maximum atomic E-state index is 13.6. The topological polar surface area (TPSA) is 63.2 Å². The standard InChI is InChI=1S/C21H17F8NO3S/c22-13-8-12(20(24,25)26)9-16(10-13)34(32,33)15-4-2-14(3-5-15)30-19(31)11-1-6-18(23)17(7-11)21(27,28)29/h1,6-10,14-15H,2-5H2,(H,30,31)/t14-,15+. The van der Waals surface area contributed by atoms with Gasteiger partial charge in [0, 0.05) is 11.6 Å². The predicted molar refractivity (Wildman–Crippen MR) is 104 cm³/mol. The van der Waals surface area contributed by atoms with Gasteiger partial charge in [0.25, 0.3) is 5.91 Å². The van der Waals surface area contributed by atoms with Crippen LogP contribution >= 0.6 is 0 Å². The summed E-state index contributed by atoms with van der Waals surface area (Å²) in [6.45, 7) is 0. The van der Waals surface area contributed by atoms with Crippen LogP contribution in [0.4, 0.5) is 35.1 Å². The molecule has 0 spiro atoms. The van der Waals surface area contributed by atoms with E-state index in [4.69, 9.17) is 0 Å². The van der Waals surface area contributed by atoms with Crippen LogP contribution in [0.1, 0.15) is 47.2 Å². The molecule has 186 valence electrons. The van der Waals surface area contributed by atoms with Crippen molar-refractivity contribution in [1.29, 1.82) is 0 Å². The molecule has 0 radical (unpaired) electrons. The van der Waals surface area contributed by atoms with Crippen LogP contribution in [-0.2, 0) is 22.2 Å². The van der Waals surface area contributed by atoms with E-state index in [1.54, 1.807) is 0 Å². The lowest BCUT2D eigenvalue weighted by atomic mass is 9.94. The fourth-order valence-electron chi connectivity index (χ4n) is 3.75. The van der Waals surface area contributed by atoms with Crippen molar-refractivity contribution in [2.45, 2.75) is 54.2 Å². The van der Waals surface area contributed by atoms with E-state index >= 15 is 0 Å². The van der Waals surface area contributed by atoms with Gasteiger partial charge in [-0.25, -0.2) is 17.2 Å². The highest BCUT2D eigenvalue weighted by atomic mass is 32.2. The lowest BCUT2D eigenvalue weighted by Gasteiger charge is -2.29. The molecule has 2 aromatic rings. The first-order valence-electron chi connectivity index (χ1n) is 9.88. The van der Waals surface area contributed by atoms with E-state index in [0.717, 1.165) is 6.07 Å². The smallest absolute Gasteiger partial charge is 0.349 e. The van der Waals surface area contributed by atoms with Gasteiger partial charge in [-0.1, -0.05) is 0 Å². The van der Waals surface area contributed by atoms with E-state index in [2.05, 4.69) is 5.32 Å². The first-order chi connectivity index (χ1) is 15.6. The number of hydrogen-bond donors (Lipinski definition) is 1. The summed E-state index contributed by atoms with van der Waals surface area (Å²) in [7, 11) is -4.32. The Morgan fingerprint density at radius 3 is 2.03 bits per heavy atom. The van der Waals surface area contributed by atoms with Crippen molar-refractivity contribution in [3.8, 4) is 0 Å². The first kappa shape index (κ1) is 25.9. The van der Waals surface area contributed by atoms with Gasteiger partial charge >= 0.3 is 12.4 Å². The van der Waals surface area contributed by atoms with Crippen molar-refractivity contribution in [2.24, 2.45) is 0 Å². The molecule has 1 amide bonds. The van der Waals surface area contributed by atoms with Gasteiger partial charge in [-0.3, -0.25) is 4.79 Å². The second-order valence-electron chi connectivity index (χ2n) is 7.86. The number of alkyl halides is 6. The minimum atomic E-state index is -5.00. The number of nitrogens with one attached hydrogen (secondary N) is 1. The zero-order valence-corrected chi connectivity index (χ0v) is 17.9. The molecule has 0 bridgehead atoms. The van der Waals surface area contributed by atoms with Gasteiger partial charge in [0.15, 0.2) is 9.84 Å². The molecule has 4 nitrogen and oxygen atoms in total. The molecule has 0 unspecified atom stereocenters. The number of hydrogen-bond acceptors (Lipinski definition) is 3. The van der Waals surface area contributed by atoms with Crippen molar-refractivity contribution in [2.75, 3.05) is 0 Å². The summed E-state index contributed by atoms with van der Waals surface area (Å²) in [4.78, 5) is 11.5. The molecule has 34 heavy (non-hydrogen) atoms. The maximum Gasteiger partial charge on any atom is 0.419 e. The highest BCUT2D eigenvalue weighted by Gasteiger charge is 2.37. The van der Waals surface area contributed by atoms with Crippen LogP contribution in [0, 0.1) is 11.6 Å². The normalized spacial score (nSPS) is 19.6. The third kappa shape index (κ3) is 5.68. The van der Waals surface area contributed by atoms with Crippen LogP contribution in [0.5, 0.6) is 0 Å². The third-order valence-electron chi connectivity index (χ3n) is 5.51. The number of amides is 1. The molecular weight excluding hydrogens is 498 g/mol. The minimum Gasteiger partial charge on any atom is -0.349 e. The highest BCUT2D eigenvalue weighted by Crippen LogP contribution is 2.35. The van der Waals surface area contributed by atoms with Crippen molar-refractivity contribution < 1.29 is 48.3 Å². The largest absolute Gasteiger partial charge is 0.419 e. The number of rotatable bonds is 4. The number of halogens is 8. The second kappa shape index (κ2) is 9.16. The molecule has 0 heterocycles. The van der Waals surface area contributed by atoms with E-state index in [1.807, 2.05) is 0 Å². The summed E-state index contributed by atoms with van der Waals surface area (Å²) in [6.07, 6.45) is -9.99. The number of carbonyl (C=O) groups is 1. The summed E-state index contributed by atoms with van der Waals surface area (Å²) >= 11 is 0. The van der Waals surface area contributed by atoms with Gasteiger partial charge in [0.05, 0.1) is 21.3 Å². The Morgan fingerprint density at radius 1 is 0.853 bits per heavy atom. The van der Waals surface area contributed by atoms with Crippen molar-refractivity contribution >= 4 is 15.7 Å². The van der Waals surface area contributed by atoms with E-state index in [1.165, 1.54) is 0 Å². The van der Waals surface area contributed by atoms with E-state index < -0.39 is 72.6 Å². The zero-order chi connectivity index (χ0) is 25.5. The second-order valence-corrected chi connectivity index (χ2v) is 10.1. The third-order valence-corrected chi connectivity index (χ3v) is 7.75. The lowest BCUT2D eigenvalue weighted by Crippen LogP contribution is -2.40. The SMILES string of the molecule is O=C(N[C@H]1CC[C@@H](S(=O)(=O)c2cc(F)cc(C(F)(F)F)c2)CC1)c1ccc(F)c(C(F)(F)F)c1. The molecule has 0 aliphatic heterocycles. The Bertz CT molecular complexity index is 1180. The molecule has 1 saturated carbocycles.